The first kappa shape index (κ1) is 73.5. The van der Waals surface area contributed by atoms with Crippen molar-refractivity contribution in [1.29, 1.82) is 0 Å². The van der Waals surface area contributed by atoms with E-state index in [1.54, 1.807) is 37.2 Å². The van der Waals surface area contributed by atoms with Gasteiger partial charge in [0.2, 0.25) is 0 Å². The molecular formula is C104H68N16. The summed E-state index contributed by atoms with van der Waals surface area (Å²) in [6, 6.07) is 125. The van der Waals surface area contributed by atoms with E-state index in [-0.39, 0.29) is 0 Å². The fourth-order valence-electron chi connectivity index (χ4n) is 14.2. The van der Waals surface area contributed by atoms with Crippen LogP contribution in [-0.2, 0) is 0 Å². The van der Waals surface area contributed by atoms with Crippen LogP contribution in [0.5, 0.6) is 0 Å². The number of rotatable bonds is 18. The molecule has 0 amide bonds. The van der Waals surface area contributed by atoms with E-state index in [0.29, 0.717) is 17.5 Å². The number of nitrogens with zero attached hydrogens (tertiary/aromatic N) is 16. The van der Waals surface area contributed by atoms with Crippen molar-refractivity contribution in [2.45, 2.75) is 0 Å². The summed E-state index contributed by atoms with van der Waals surface area (Å²) in [5.41, 5.74) is 29.2. The van der Waals surface area contributed by atoms with Crippen molar-refractivity contribution in [3.8, 4) is 204 Å². The second-order valence-corrected chi connectivity index (χ2v) is 28.1. The predicted octanol–water partition coefficient (Wildman–Crippen LogP) is 23.7. The maximum atomic E-state index is 5.34. The number of hydrogen-bond acceptors (Lipinski definition) is 16. The smallest absolute Gasteiger partial charge is 0.164 e. The number of benzene rings is 6. The van der Waals surface area contributed by atoms with Gasteiger partial charge >= 0.3 is 0 Å². The number of pyridine rings is 13. The summed E-state index contributed by atoms with van der Waals surface area (Å²) in [6.45, 7) is 0. The van der Waals surface area contributed by atoms with Crippen molar-refractivity contribution in [3.63, 3.8) is 0 Å². The molecular weight excluding hydrogens is 1470 g/mol. The predicted molar refractivity (Wildman–Crippen MR) is 475 cm³/mol. The Balaban J connectivity index is 0.000000159. The molecule has 0 saturated heterocycles. The molecule has 0 aliphatic rings. The third kappa shape index (κ3) is 16.7. The van der Waals surface area contributed by atoms with Crippen molar-refractivity contribution >= 4 is 0 Å². The van der Waals surface area contributed by atoms with E-state index in [1.165, 1.54) is 0 Å². The van der Waals surface area contributed by atoms with E-state index in [1.807, 2.05) is 291 Å². The Bertz CT molecular complexity index is 6300. The zero-order valence-corrected chi connectivity index (χ0v) is 64.4. The van der Waals surface area contributed by atoms with Crippen LogP contribution in [0.2, 0.25) is 0 Å². The first-order chi connectivity index (χ1) is 59.4. The average molecular weight is 1540 g/mol. The molecule has 0 aliphatic heterocycles. The van der Waals surface area contributed by atoms with Crippen LogP contribution in [0.4, 0.5) is 0 Å². The largest absolute Gasteiger partial charge is 0.255 e. The van der Waals surface area contributed by atoms with Crippen molar-refractivity contribution in [1.82, 2.24) is 79.7 Å². The molecule has 0 N–H and O–H groups in total. The molecule has 0 saturated carbocycles. The van der Waals surface area contributed by atoms with E-state index in [4.69, 9.17) is 49.8 Å². The van der Waals surface area contributed by atoms with Gasteiger partial charge in [0.05, 0.1) is 114 Å². The monoisotopic (exact) mass is 1540 g/mol. The van der Waals surface area contributed by atoms with E-state index in [0.717, 1.165) is 186 Å². The summed E-state index contributed by atoms with van der Waals surface area (Å²) in [5.74, 6) is 1.66. The molecule has 6 aromatic carbocycles. The Morgan fingerprint density at radius 2 is 0.283 bits per heavy atom. The van der Waals surface area contributed by atoms with Gasteiger partial charge in [0.1, 0.15) is 0 Å². The lowest BCUT2D eigenvalue weighted by Gasteiger charge is -2.13. The van der Waals surface area contributed by atoms with E-state index in [9.17, 15) is 0 Å². The summed E-state index contributed by atoms with van der Waals surface area (Å²) >= 11 is 0. The van der Waals surface area contributed by atoms with Crippen LogP contribution < -0.4 is 0 Å². The molecule has 0 atom stereocenters. The van der Waals surface area contributed by atoms with Crippen LogP contribution in [0.25, 0.3) is 204 Å². The van der Waals surface area contributed by atoms with Gasteiger partial charge in [-0.15, -0.1) is 0 Å². The normalized spacial score (nSPS) is 11.0. The Morgan fingerprint density at radius 3 is 0.525 bits per heavy atom. The van der Waals surface area contributed by atoms with Crippen LogP contribution >= 0.6 is 0 Å². The Hall–Kier alpha value is -16.7. The minimum Gasteiger partial charge on any atom is -0.255 e. The van der Waals surface area contributed by atoms with Crippen LogP contribution in [-0.4, -0.2) is 79.7 Å². The van der Waals surface area contributed by atoms with Gasteiger partial charge in [0.15, 0.2) is 17.5 Å². The molecule has 14 aromatic heterocycles. The first-order valence-corrected chi connectivity index (χ1v) is 39.1. The molecule has 20 aromatic rings. The van der Waals surface area contributed by atoms with Gasteiger partial charge in [-0.05, 0) is 187 Å². The highest BCUT2D eigenvalue weighted by molar-refractivity contribution is 5.83. The fraction of sp³-hybridized carbons (Fsp3) is 0. The van der Waals surface area contributed by atoms with Crippen molar-refractivity contribution in [2.75, 3.05) is 0 Å². The van der Waals surface area contributed by atoms with E-state index in [2.05, 4.69) is 115 Å². The SMILES string of the molecule is c1ccc(-c2cccc(-c3ccc(-c4nc(-c5ccc(-c6cccc(-c7ccccn7)n6)cc5)nc(-c5ccc(-c6cccc(-c7ccccn7)n6)cc5)n4)cc3)n2)nc1.c1ccc(-c2cccc(-c3cccc(-c4cc(-c5cccc(-c6cccc(-c7ccccn7)n6)c5)nc(-c5cccc(-c6cccc(-c7ccccn7)n6)c5)c4)c3)n2)nc1. The van der Waals surface area contributed by atoms with Gasteiger partial charge in [-0.3, -0.25) is 29.9 Å². The molecule has 0 spiro atoms. The molecule has 0 radical (unpaired) electrons. The standard InChI is InChI=1S/C53H35N7.C51H33N9/c1-4-28-54-46(19-1)49-25-10-22-43(57-49)37-14-7-13-36(31-37)42-34-52(40-17-8-15-38(32-40)44-23-11-26-50(58-44)47-20-2-5-29-55-47)60-53(35-42)41-18-9-16-39(33-41)45-24-12-27-51(59-45)48-21-3-6-30-56-48;1-4-31-52-43(10-1)46-16-7-13-40(55-46)34-19-25-37(26-20-34)49-58-50(38-27-21-35(22-28-38)41-14-8-17-47(56-41)44-11-2-5-32-53-44)60-51(59-49)39-29-23-36(24-30-39)42-15-9-18-48(57-42)45-12-3-6-33-54-45/h1-35H;1-33H. The summed E-state index contributed by atoms with van der Waals surface area (Å²) in [4.78, 5) is 77.2. The molecule has 16 nitrogen and oxygen atoms in total. The summed E-state index contributed by atoms with van der Waals surface area (Å²) in [6.07, 6.45) is 10.7. The highest BCUT2D eigenvalue weighted by Crippen LogP contribution is 2.38. The molecule has 0 bridgehead atoms. The zero-order valence-electron chi connectivity index (χ0n) is 64.4. The van der Waals surface area contributed by atoms with Gasteiger partial charge in [-0.25, -0.2) is 49.8 Å². The van der Waals surface area contributed by atoms with Gasteiger partial charge in [0, 0.05) is 98.4 Å². The molecule has 20 rings (SSSR count). The van der Waals surface area contributed by atoms with Gasteiger partial charge < -0.3 is 0 Å². The molecule has 0 unspecified atom stereocenters. The highest BCUT2D eigenvalue weighted by atomic mass is 15.0. The Labute approximate surface area is 692 Å². The Kier molecular flexibility index (Phi) is 20.9. The fourth-order valence-corrected chi connectivity index (χ4v) is 14.2. The van der Waals surface area contributed by atoms with E-state index >= 15 is 0 Å². The first-order valence-electron chi connectivity index (χ1n) is 39.1. The lowest BCUT2D eigenvalue weighted by Crippen LogP contribution is -2.00. The molecule has 564 valence electrons. The quantitative estimate of drug-likeness (QED) is 0.0783. The Morgan fingerprint density at radius 1 is 0.100 bits per heavy atom. The number of hydrogen-bond donors (Lipinski definition) is 0. The van der Waals surface area contributed by atoms with Crippen LogP contribution in [0.15, 0.2) is 413 Å². The number of aromatic nitrogens is 16. The summed E-state index contributed by atoms with van der Waals surface area (Å²) < 4.78 is 0. The zero-order chi connectivity index (χ0) is 80.2. The topological polar surface area (TPSA) is 206 Å². The second kappa shape index (κ2) is 34.1. The average Bonchev–Trinajstić information content (AvgIpc) is 0.790. The maximum absolute atomic E-state index is 5.34. The third-order valence-corrected chi connectivity index (χ3v) is 20.2. The summed E-state index contributed by atoms with van der Waals surface area (Å²) in [7, 11) is 0. The minimum atomic E-state index is 0.555. The minimum absolute atomic E-state index is 0.555. The summed E-state index contributed by atoms with van der Waals surface area (Å²) in [5, 5.41) is 0. The van der Waals surface area contributed by atoms with Crippen molar-refractivity contribution in [3.05, 3.63) is 413 Å². The lowest BCUT2D eigenvalue weighted by atomic mass is 9.96. The molecule has 0 fully saturated rings. The molecule has 0 aliphatic carbocycles. The van der Waals surface area contributed by atoms with Gasteiger partial charge in [0.25, 0.3) is 0 Å². The second-order valence-electron chi connectivity index (χ2n) is 28.1. The van der Waals surface area contributed by atoms with Crippen molar-refractivity contribution in [2.24, 2.45) is 0 Å². The van der Waals surface area contributed by atoms with Gasteiger partial charge in [-0.2, -0.15) is 0 Å². The maximum Gasteiger partial charge on any atom is 0.164 e. The van der Waals surface area contributed by atoms with E-state index < -0.39 is 0 Å². The highest BCUT2D eigenvalue weighted by Gasteiger charge is 2.19. The van der Waals surface area contributed by atoms with Crippen LogP contribution in [0.3, 0.4) is 0 Å². The molecule has 16 heteroatoms. The van der Waals surface area contributed by atoms with Gasteiger partial charge in [-0.1, -0.05) is 200 Å². The lowest BCUT2D eigenvalue weighted by molar-refractivity contribution is 1.07. The molecule has 14 heterocycles. The van der Waals surface area contributed by atoms with Crippen LogP contribution in [0.1, 0.15) is 0 Å². The molecule has 120 heavy (non-hydrogen) atoms. The van der Waals surface area contributed by atoms with Crippen molar-refractivity contribution < 1.29 is 0 Å². The van der Waals surface area contributed by atoms with Crippen LogP contribution in [0, 0.1) is 0 Å². The third-order valence-electron chi connectivity index (χ3n) is 20.2.